The minimum atomic E-state index is -0.219. The maximum absolute atomic E-state index is 13.0. The maximum atomic E-state index is 13.0. The first kappa shape index (κ1) is 17.7. The van der Waals surface area contributed by atoms with E-state index in [9.17, 15) is 9.59 Å². The fourth-order valence-electron chi connectivity index (χ4n) is 3.84. The summed E-state index contributed by atoms with van der Waals surface area (Å²) in [5, 5.41) is 0.917. The zero-order chi connectivity index (χ0) is 18.1. The predicted molar refractivity (Wildman–Crippen MR) is 101 cm³/mol. The van der Waals surface area contributed by atoms with Gasteiger partial charge in [0.1, 0.15) is 5.56 Å². The smallest absolute Gasteiger partial charge is 0.263 e. The number of aromatic nitrogens is 1. The monoisotopic (exact) mass is 341 g/mol. The molecule has 5 nitrogen and oxygen atoms in total. The van der Waals surface area contributed by atoms with Gasteiger partial charge in [-0.25, -0.2) is 0 Å². The fourth-order valence-corrected chi connectivity index (χ4v) is 3.84. The quantitative estimate of drug-likeness (QED) is 0.862. The number of fused-ring (bicyclic) bond motifs is 1. The topological polar surface area (TPSA) is 45.6 Å². The van der Waals surface area contributed by atoms with Crippen molar-refractivity contribution in [1.82, 2.24) is 14.4 Å². The van der Waals surface area contributed by atoms with Gasteiger partial charge in [0.2, 0.25) is 0 Å². The van der Waals surface area contributed by atoms with Crippen molar-refractivity contribution in [2.24, 2.45) is 7.05 Å². The summed E-state index contributed by atoms with van der Waals surface area (Å²) in [7, 11) is 1.73. The van der Waals surface area contributed by atoms with Gasteiger partial charge in [-0.05, 0) is 37.8 Å². The Balaban J connectivity index is 1.93. The highest BCUT2D eigenvalue weighted by Gasteiger charge is 2.31. The van der Waals surface area contributed by atoms with E-state index < -0.39 is 0 Å². The second kappa shape index (κ2) is 7.00. The summed E-state index contributed by atoms with van der Waals surface area (Å²) < 4.78 is 1.57. The number of piperazine rings is 1. The Labute approximate surface area is 148 Å². The van der Waals surface area contributed by atoms with Gasteiger partial charge in [0, 0.05) is 38.8 Å². The molecule has 0 bridgehead atoms. The number of nitrogens with zero attached hydrogens (tertiary/aromatic N) is 3. The summed E-state index contributed by atoms with van der Waals surface area (Å²) in [6, 6.07) is 10.2. The van der Waals surface area contributed by atoms with Crippen LogP contribution in [0, 0.1) is 0 Å². The predicted octanol–water partition coefficient (Wildman–Crippen LogP) is 2.48. The molecule has 0 saturated carbocycles. The van der Waals surface area contributed by atoms with Crippen LogP contribution in [0.3, 0.4) is 0 Å². The Morgan fingerprint density at radius 1 is 1.24 bits per heavy atom. The maximum Gasteiger partial charge on any atom is 0.263 e. The van der Waals surface area contributed by atoms with Gasteiger partial charge in [-0.3, -0.25) is 14.5 Å². The largest absolute Gasteiger partial charge is 0.336 e. The van der Waals surface area contributed by atoms with Gasteiger partial charge < -0.3 is 9.47 Å². The molecule has 0 N–H and O–H groups in total. The second-order valence-electron chi connectivity index (χ2n) is 7.13. The van der Waals surface area contributed by atoms with Gasteiger partial charge in [-0.15, -0.1) is 0 Å². The molecule has 5 heteroatoms. The van der Waals surface area contributed by atoms with Crippen LogP contribution in [0.2, 0.25) is 0 Å². The van der Waals surface area contributed by atoms with Gasteiger partial charge in [0.15, 0.2) is 0 Å². The van der Waals surface area contributed by atoms with Crippen molar-refractivity contribution < 1.29 is 4.79 Å². The normalized spacial score (nSPS) is 18.9. The number of hydrogen-bond donors (Lipinski definition) is 0. The SMILES string of the molecule is CC[C@H]1CN(C(=O)c2cc3ccccc3n(C)c2=O)CCN1C(C)C. The lowest BCUT2D eigenvalue weighted by Gasteiger charge is -2.43. The Bertz CT molecular complexity index is 840. The number of rotatable bonds is 3. The molecule has 0 spiro atoms. The molecule has 0 radical (unpaired) electrons. The van der Waals surface area contributed by atoms with Crippen LogP contribution < -0.4 is 5.56 Å². The van der Waals surface area contributed by atoms with E-state index in [1.165, 1.54) is 0 Å². The van der Waals surface area contributed by atoms with Crippen LogP contribution in [0.5, 0.6) is 0 Å². The Morgan fingerprint density at radius 2 is 1.96 bits per heavy atom. The van der Waals surface area contributed by atoms with Crippen molar-refractivity contribution >= 4 is 16.8 Å². The molecule has 1 aromatic carbocycles. The molecule has 1 saturated heterocycles. The third kappa shape index (κ3) is 3.21. The van der Waals surface area contributed by atoms with E-state index in [-0.39, 0.29) is 17.0 Å². The number of amides is 1. The van der Waals surface area contributed by atoms with Crippen molar-refractivity contribution in [3.05, 3.63) is 46.2 Å². The first-order valence-corrected chi connectivity index (χ1v) is 9.07. The number of pyridine rings is 1. The van der Waals surface area contributed by atoms with Gasteiger partial charge in [-0.2, -0.15) is 0 Å². The summed E-state index contributed by atoms with van der Waals surface area (Å²) in [6.07, 6.45) is 0.998. The molecule has 0 aliphatic carbocycles. The molecule has 3 rings (SSSR count). The van der Waals surface area contributed by atoms with Crippen molar-refractivity contribution in [1.29, 1.82) is 0 Å². The lowest BCUT2D eigenvalue weighted by atomic mass is 10.1. The van der Waals surface area contributed by atoms with E-state index in [0.717, 1.165) is 23.9 Å². The zero-order valence-corrected chi connectivity index (χ0v) is 15.5. The zero-order valence-electron chi connectivity index (χ0n) is 15.5. The van der Waals surface area contributed by atoms with Crippen LogP contribution in [0.25, 0.3) is 10.9 Å². The Kier molecular flexibility index (Phi) is 4.95. The third-order valence-corrected chi connectivity index (χ3v) is 5.31. The number of carbonyl (C=O) groups is 1. The summed E-state index contributed by atoms with van der Waals surface area (Å²) in [6.45, 7) is 8.75. The Hall–Kier alpha value is -2.14. The van der Waals surface area contributed by atoms with Crippen LogP contribution in [0.4, 0.5) is 0 Å². The summed E-state index contributed by atoms with van der Waals surface area (Å²) >= 11 is 0. The average molecular weight is 341 g/mol. The molecular formula is C20H27N3O2. The molecule has 2 heterocycles. The van der Waals surface area contributed by atoms with Crippen molar-refractivity contribution in [3.63, 3.8) is 0 Å². The van der Waals surface area contributed by atoms with E-state index >= 15 is 0 Å². The van der Waals surface area contributed by atoms with Crippen molar-refractivity contribution in [3.8, 4) is 0 Å². The number of benzene rings is 1. The molecule has 1 aliphatic rings. The molecule has 134 valence electrons. The number of hydrogen-bond acceptors (Lipinski definition) is 3. The highest BCUT2D eigenvalue weighted by molar-refractivity contribution is 5.97. The lowest BCUT2D eigenvalue weighted by Crippen LogP contribution is -2.57. The third-order valence-electron chi connectivity index (χ3n) is 5.31. The van der Waals surface area contributed by atoms with Crippen LogP contribution in [0.15, 0.2) is 35.1 Å². The van der Waals surface area contributed by atoms with Gasteiger partial charge in [0.05, 0.1) is 5.52 Å². The lowest BCUT2D eigenvalue weighted by molar-refractivity contribution is 0.0370. The van der Waals surface area contributed by atoms with E-state index in [0.29, 0.717) is 25.2 Å². The van der Waals surface area contributed by atoms with Gasteiger partial charge in [-0.1, -0.05) is 25.1 Å². The van der Waals surface area contributed by atoms with Crippen LogP contribution in [0.1, 0.15) is 37.6 Å². The summed E-state index contributed by atoms with van der Waals surface area (Å²) in [5.41, 5.74) is 0.900. The summed E-state index contributed by atoms with van der Waals surface area (Å²) in [4.78, 5) is 30.0. The average Bonchev–Trinajstić information content (AvgIpc) is 2.63. The molecular weight excluding hydrogens is 314 g/mol. The molecule has 1 amide bonds. The van der Waals surface area contributed by atoms with E-state index in [4.69, 9.17) is 0 Å². The number of para-hydroxylation sites is 1. The molecule has 1 fully saturated rings. The van der Waals surface area contributed by atoms with Crippen LogP contribution >= 0.6 is 0 Å². The van der Waals surface area contributed by atoms with Crippen molar-refractivity contribution in [2.45, 2.75) is 39.3 Å². The van der Waals surface area contributed by atoms with E-state index in [2.05, 4.69) is 25.7 Å². The molecule has 1 aliphatic heterocycles. The highest BCUT2D eigenvalue weighted by Crippen LogP contribution is 2.19. The molecule has 25 heavy (non-hydrogen) atoms. The molecule has 1 aromatic heterocycles. The van der Waals surface area contributed by atoms with Crippen LogP contribution in [-0.4, -0.2) is 52.0 Å². The van der Waals surface area contributed by atoms with Gasteiger partial charge in [0.25, 0.3) is 11.5 Å². The first-order chi connectivity index (χ1) is 11.9. The van der Waals surface area contributed by atoms with Crippen molar-refractivity contribution in [2.75, 3.05) is 19.6 Å². The molecule has 0 unspecified atom stereocenters. The number of aryl methyl sites for hydroxylation is 1. The number of carbonyl (C=O) groups excluding carboxylic acids is 1. The standard InChI is InChI=1S/C20H27N3O2/c1-5-16-13-22(10-11-23(16)14(2)3)20(25)17-12-15-8-6-7-9-18(15)21(4)19(17)24/h6-9,12,14,16H,5,10-11,13H2,1-4H3/t16-/m0/s1. The minimum absolute atomic E-state index is 0.145. The van der Waals surface area contributed by atoms with E-state index in [1.54, 1.807) is 17.7 Å². The highest BCUT2D eigenvalue weighted by atomic mass is 16.2. The van der Waals surface area contributed by atoms with Gasteiger partial charge >= 0.3 is 0 Å². The van der Waals surface area contributed by atoms with E-state index in [1.807, 2.05) is 29.2 Å². The molecule has 1 atom stereocenters. The second-order valence-corrected chi connectivity index (χ2v) is 7.13. The summed E-state index contributed by atoms with van der Waals surface area (Å²) in [5.74, 6) is -0.145. The minimum Gasteiger partial charge on any atom is -0.336 e. The molecule has 2 aromatic rings. The van der Waals surface area contributed by atoms with Crippen LogP contribution in [-0.2, 0) is 7.05 Å². The first-order valence-electron chi connectivity index (χ1n) is 9.07. The Morgan fingerprint density at radius 3 is 2.64 bits per heavy atom. The fraction of sp³-hybridized carbons (Fsp3) is 0.500.